The fraction of sp³-hybridized carbons (Fsp3) is 0. The van der Waals surface area contributed by atoms with Gasteiger partial charge in [-0.15, -0.1) is 0 Å². The summed E-state index contributed by atoms with van der Waals surface area (Å²) in [7, 11) is 0. The first-order valence-corrected chi connectivity index (χ1v) is 14.2. The zero-order valence-electron chi connectivity index (χ0n) is 22.6. The lowest BCUT2D eigenvalue weighted by atomic mass is 9.93. The van der Waals surface area contributed by atoms with Crippen LogP contribution in [0.5, 0.6) is 0 Å². The number of aromatic amines is 1. The summed E-state index contributed by atoms with van der Waals surface area (Å²) in [5.41, 5.74) is 8.62. The van der Waals surface area contributed by atoms with E-state index in [9.17, 15) is 0 Å². The van der Waals surface area contributed by atoms with Crippen molar-refractivity contribution in [1.29, 1.82) is 0 Å². The molecule has 0 radical (unpaired) electrons. The Bertz CT molecular complexity index is 2470. The smallest absolute Gasteiger partial charge is 0.227 e. The number of nitrogens with one attached hydrogen (secondary N) is 1. The van der Waals surface area contributed by atoms with Gasteiger partial charge in [-0.05, 0) is 91.6 Å². The van der Waals surface area contributed by atoms with E-state index in [2.05, 4.69) is 138 Å². The molecule has 3 nitrogen and oxygen atoms in total. The van der Waals surface area contributed by atoms with E-state index < -0.39 is 0 Å². The highest BCUT2D eigenvalue weighted by Crippen LogP contribution is 2.37. The topological polar surface area (TPSA) is 41.8 Å². The fourth-order valence-corrected chi connectivity index (χ4v) is 6.36. The highest BCUT2D eigenvalue weighted by molar-refractivity contribution is 6.18. The second-order valence-electron chi connectivity index (χ2n) is 10.9. The maximum absolute atomic E-state index is 6.49. The Labute approximate surface area is 241 Å². The first-order valence-electron chi connectivity index (χ1n) is 14.2. The molecule has 196 valence electrons. The molecule has 0 aliphatic rings. The van der Waals surface area contributed by atoms with Crippen LogP contribution in [0.15, 0.2) is 144 Å². The van der Waals surface area contributed by atoms with Crippen molar-refractivity contribution < 1.29 is 4.42 Å². The predicted molar refractivity (Wildman–Crippen MR) is 175 cm³/mol. The van der Waals surface area contributed by atoms with Crippen molar-refractivity contribution in [2.24, 2.45) is 0 Å². The van der Waals surface area contributed by atoms with Crippen molar-refractivity contribution in [1.82, 2.24) is 9.97 Å². The maximum Gasteiger partial charge on any atom is 0.227 e. The molecule has 0 saturated carbocycles. The second-order valence-corrected chi connectivity index (χ2v) is 10.9. The van der Waals surface area contributed by atoms with E-state index in [1.165, 1.54) is 38.4 Å². The van der Waals surface area contributed by atoms with Gasteiger partial charge in [-0.3, -0.25) is 0 Å². The number of rotatable bonds is 3. The van der Waals surface area contributed by atoms with Crippen molar-refractivity contribution >= 4 is 54.3 Å². The largest absolute Gasteiger partial charge is 0.435 e. The molecule has 0 bridgehead atoms. The Kier molecular flexibility index (Phi) is 4.90. The van der Waals surface area contributed by atoms with Crippen LogP contribution < -0.4 is 0 Å². The molecule has 0 spiro atoms. The number of benzene rings is 7. The number of aromatic nitrogens is 2. The molecule has 3 heteroatoms. The lowest BCUT2D eigenvalue weighted by Crippen LogP contribution is -1.85. The maximum atomic E-state index is 6.49. The van der Waals surface area contributed by atoms with Crippen LogP contribution in [0.2, 0.25) is 0 Å². The number of H-pyrrole nitrogens is 1. The van der Waals surface area contributed by atoms with Crippen LogP contribution in [0, 0.1) is 0 Å². The van der Waals surface area contributed by atoms with Crippen molar-refractivity contribution in [2.45, 2.75) is 0 Å². The van der Waals surface area contributed by atoms with Crippen molar-refractivity contribution in [3.05, 3.63) is 140 Å². The first-order chi connectivity index (χ1) is 20.8. The highest BCUT2D eigenvalue weighted by Gasteiger charge is 2.15. The van der Waals surface area contributed by atoms with Gasteiger partial charge in [-0.1, -0.05) is 91.0 Å². The Morgan fingerprint density at radius 1 is 0.500 bits per heavy atom. The molecule has 0 unspecified atom stereocenters. The van der Waals surface area contributed by atoms with E-state index in [-0.39, 0.29) is 0 Å². The van der Waals surface area contributed by atoms with Gasteiger partial charge in [0.05, 0.1) is 0 Å². The van der Waals surface area contributed by atoms with E-state index in [4.69, 9.17) is 9.40 Å². The molecule has 2 aromatic heterocycles. The zero-order chi connectivity index (χ0) is 27.6. The molecule has 42 heavy (non-hydrogen) atoms. The Morgan fingerprint density at radius 3 is 2.29 bits per heavy atom. The Hall–Kier alpha value is -5.67. The number of nitrogens with zero attached hydrogens (tertiary/aromatic N) is 1. The third-order valence-electron chi connectivity index (χ3n) is 8.45. The van der Waals surface area contributed by atoms with Gasteiger partial charge in [0.15, 0.2) is 5.58 Å². The summed E-state index contributed by atoms with van der Waals surface area (Å²) >= 11 is 0. The van der Waals surface area contributed by atoms with Crippen molar-refractivity contribution in [3.8, 4) is 33.7 Å². The fourth-order valence-electron chi connectivity index (χ4n) is 6.36. The number of oxazole rings is 1. The average Bonchev–Trinajstić information content (AvgIpc) is 3.71. The number of fused-ring (bicyclic) bond motifs is 7. The molecular formula is C39H24N2O. The lowest BCUT2D eigenvalue weighted by Gasteiger charge is -2.11. The minimum absolute atomic E-state index is 0.638. The van der Waals surface area contributed by atoms with Gasteiger partial charge < -0.3 is 9.40 Å². The summed E-state index contributed by atoms with van der Waals surface area (Å²) < 4.78 is 6.49. The van der Waals surface area contributed by atoms with Crippen LogP contribution in [0.3, 0.4) is 0 Å². The monoisotopic (exact) mass is 536 g/mol. The Morgan fingerprint density at radius 2 is 1.29 bits per heavy atom. The molecule has 0 atom stereocenters. The highest BCUT2D eigenvalue weighted by atomic mass is 16.3. The molecule has 0 aliphatic carbocycles. The van der Waals surface area contributed by atoms with Gasteiger partial charge in [0.1, 0.15) is 5.52 Å². The molecule has 7 aromatic carbocycles. The summed E-state index contributed by atoms with van der Waals surface area (Å²) in [6, 6.07) is 47.6. The van der Waals surface area contributed by atoms with E-state index in [1.54, 1.807) is 0 Å². The number of hydrogen-bond donors (Lipinski definition) is 1. The van der Waals surface area contributed by atoms with Crippen LogP contribution in [0.25, 0.3) is 88.0 Å². The molecule has 9 rings (SSSR count). The summed E-state index contributed by atoms with van der Waals surface area (Å²) in [6.45, 7) is 0. The normalized spacial score (nSPS) is 11.8. The van der Waals surface area contributed by atoms with Gasteiger partial charge in [-0.2, -0.15) is 0 Å². The Balaban J connectivity index is 1.17. The molecule has 0 fully saturated rings. The van der Waals surface area contributed by atoms with Gasteiger partial charge in [0, 0.05) is 28.0 Å². The summed E-state index contributed by atoms with van der Waals surface area (Å²) in [4.78, 5) is 8.13. The van der Waals surface area contributed by atoms with Crippen molar-refractivity contribution in [3.63, 3.8) is 0 Å². The van der Waals surface area contributed by atoms with Gasteiger partial charge in [-0.25, -0.2) is 4.98 Å². The van der Waals surface area contributed by atoms with Crippen LogP contribution in [-0.4, -0.2) is 9.97 Å². The van der Waals surface area contributed by atoms with Gasteiger partial charge in [0.2, 0.25) is 5.89 Å². The molecular weight excluding hydrogens is 512 g/mol. The molecule has 9 aromatic rings. The minimum atomic E-state index is 0.638. The predicted octanol–water partition coefficient (Wildman–Crippen LogP) is 10.8. The lowest BCUT2D eigenvalue weighted by molar-refractivity contribution is 0.623. The third kappa shape index (κ3) is 3.57. The molecule has 1 N–H and O–H groups in total. The van der Waals surface area contributed by atoms with Crippen LogP contribution >= 0.6 is 0 Å². The van der Waals surface area contributed by atoms with Gasteiger partial charge in [0.25, 0.3) is 0 Å². The van der Waals surface area contributed by atoms with Crippen molar-refractivity contribution in [2.75, 3.05) is 0 Å². The average molecular weight is 537 g/mol. The SMILES string of the molecule is c1cc(-c2ccc3c(ccc4ccc5nc(-c6ccc7[nH]ccc7c6)oc5c43)c2)cc(-c2cccc3ccccc23)c1. The molecule has 0 aliphatic heterocycles. The summed E-state index contributed by atoms with van der Waals surface area (Å²) in [6.07, 6.45) is 1.95. The summed E-state index contributed by atoms with van der Waals surface area (Å²) in [5.74, 6) is 0.638. The number of hydrogen-bond acceptors (Lipinski definition) is 2. The van der Waals surface area contributed by atoms with Gasteiger partial charge >= 0.3 is 0 Å². The molecule has 0 amide bonds. The molecule has 0 saturated heterocycles. The third-order valence-corrected chi connectivity index (χ3v) is 8.45. The molecule has 2 heterocycles. The van der Waals surface area contributed by atoms with Crippen LogP contribution in [0.1, 0.15) is 0 Å². The van der Waals surface area contributed by atoms with Crippen LogP contribution in [0.4, 0.5) is 0 Å². The van der Waals surface area contributed by atoms with E-state index in [0.717, 1.165) is 43.7 Å². The second kappa shape index (κ2) is 8.92. The van der Waals surface area contributed by atoms with E-state index in [1.807, 2.05) is 6.20 Å². The van der Waals surface area contributed by atoms with E-state index >= 15 is 0 Å². The quantitative estimate of drug-likeness (QED) is 0.228. The van der Waals surface area contributed by atoms with Crippen LogP contribution in [-0.2, 0) is 0 Å². The zero-order valence-corrected chi connectivity index (χ0v) is 22.6. The standard InChI is InChI=1S/C39H24N2O/c1-2-9-32-24(5-1)6-4-10-33(32)28-8-3-7-26(21-28)27-13-16-34-29(22-27)12-11-25-14-18-36-38(37(25)34)42-39(41-36)31-15-17-35-30(23-31)19-20-40-35/h1-23,40H. The minimum Gasteiger partial charge on any atom is -0.435 e. The van der Waals surface area contributed by atoms with E-state index in [0.29, 0.717) is 5.89 Å². The summed E-state index contributed by atoms with van der Waals surface area (Å²) in [5, 5.41) is 8.25. The first kappa shape index (κ1) is 23.1.